The minimum atomic E-state index is -1.61. The molecule has 8 atom stereocenters. The summed E-state index contributed by atoms with van der Waals surface area (Å²) in [6.45, 7) is -0.659. The van der Waals surface area contributed by atoms with Gasteiger partial charge in [-0.05, 0) is 102 Å². The number of hydrogen-bond donors (Lipinski definition) is 18. The van der Waals surface area contributed by atoms with E-state index in [2.05, 4.69) is 74.4 Å². The van der Waals surface area contributed by atoms with Gasteiger partial charge >= 0.3 is 24.0 Å². The Morgan fingerprint density at radius 2 is 0.908 bits per heavy atom. The Morgan fingerprint density at radius 3 is 1.24 bits per heavy atom. The number of thioether (sulfide) groups is 2. The second kappa shape index (κ2) is 38.7. The second-order valence-electron chi connectivity index (χ2n) is 21.9. The third-order valence-corrected chi connectivity index (χ3v) is 16.5. The van der Waals surface area contributed by atoms with Crippen molar-refractivity contribution in [3.05, 3.63) is 92.0 Å². The van der Waals surface area contributed by atoms with Crippen LogP contribution < -0.4 is 74.4 Å². The van der Waals surface area contributed by atoms with Gasteiger partial charge in [0.25, 0.3) is 23.2 Å². The number of hydrogen-bond acceptors (Lipinski definition) is 22. The standard InChI is InChI=1S/C58H74N16O22S2/c1-29(75)47-55(89)61-25-43(77)67-39(17-21-97-41-15-13-33(73(93)94)23-35(41)49(83)71-47)53(87)69-37(51(85)63-27-45(79)80)7-3-5-19-59-57(91)65-31-9-11-32(12-10-31)66-58(92)60-20-6-4-8-38(52(86)64-28-46(81)82)70-54(88)40-18-22-98-42-16-14-34(74(95)96)24-36(42)50(84)72-48(30(2)76)56(90)62-26-44(78)68-40/h9-16,23-24,29-30,37-40,47-48,75-76H,3-8,17-22,25-28H2,1-2H3,(H,61,89)(H,62,90)(H,63,85)(H,64,86)(H,67,77)(H,68,78)(H,69,87)(H,70,88)(H,71,83)(H,72,84)(H,79,80)(H,81,82)(H2,59,65,91)(H2,60,66,92)/t29?,30?,37-,38-,39-,40?,47-,48-/m0/s1. The van der Waals surface area contributed by atoms with Crippen molar-refractivity contribution in [3.63, 3.8) is 0 Å². The summed E-state index contributed by atoms with van der Waals surface area (Å²) < 4.78 is 0. The zero-order valence-corrected chi connectivity index (χ0v) is 54.2. The largest absolute Gasteiger partial charge is 0.480 e. The fourth-order valence-electron chi connectivity index (χ4n) is 9.27. The van der Waals surface area contributed by atoms with Crippen LogP contribution in [0.4, 0.5) is 32.3 Å². The number of fused-ring (bicyclic) bond motifs is 2. The molecular weight excluding hydrogens is 1340 g/mol. The van der Waals surface area contributed by atoms with Crippen LogP contribution >= 0.6 is 23.5 Å². The topological polar surface area (TPSA) is 575 Å². The third-order valence-electron chi connectivity index (χ3n) is 14.3. The molecule has 2 aliphatic rings. The number of urea groups is 2. The summed E-state index contributed by atoms with van der Waals surface area (Å²) in [5.41, 5.74) is -0.767. The van der Waals surface area contributed by atoms with Crippen LogP contribution in [0.15, 0.2) is 70.5 Å². The van der Waals surface area contributed by atoms with Crippen molar-refractivity contribution in [2.45, 2.75) is 123 Å². The molecule has 0 aromatic heterocycles. The number of anilines is 2. The Kier molecular flexibility index (Phi) is 30.8. The second-order valence-corrected chi connectivity index (χ2v) is 24.2. The van der Waals surface area contributed by atoms with Crippen molar-refractivity contribution in [1.82, 2.24) is 63.8 Å². The first-order chi connectivity index (χ1) is 46.5. The van der Waals surface area contributed by atoms with E-state index in [4.69, 9.17) is 0 Å². The lowest BCUT2D eigenvalue weighted by atomic mass is 10.1. The highest BCUT2D eigenvalue weighted by Gasteiger charge is 2.34. The molecule has 0 saturated carbocycles. The van der Waals surface area contributed by atoms with E-state index in [-0.39, 0.29) is 96.9 Å². The van der Waals surface area contributed by atoms with Gasteiger partial charge in [0.1, 0.15) is 49.3 Å². The fraction of sp³-hybridized carbons (Fsp3) is 0.448. The summed E-state index contributed by atoms with van der Waals surface area (Å²) in [6.07, 6.45) is -2.74. The average Bonchev–Trinajstić information content (AvgIpc) is 0.832. The number of aliphatic hydroxyl groups excluding tert-OH is 2. The molecule has 0 bridgehead atoms. The number of carboxylic acid groups (broad SMARTS) is 2. The van der Waals surface area contributed by atoms with E-state index < -0.39 is 179 Å². The highest BCUT2D eigenvalue weighted by Crippen LogP contribution is 2.30. The number of carbonyl (C=O) groups excluding carboxylic acids is 12. The van der Waals surface area contributed by atoms with Crippen molar-refractivity contribution < 1.29 is 97.4 Å². The highest BCUT2D eigenvalue weighted by atomic mass is 32.2. The van der Waals surface area contributed by atoms with Crippen LogP contribution in [0.3, 0.4) is 0 Å². The van der Waals surface area contributed by atoms with E-state index in [1.165, 1.54) is 50.2 Å². The minimum absolute atomic E-state index is 0.00131. The molecular formula is C58H74N16O22S2. The molecule has 530 valence electrons. The predicted octanol–water partition coefficient (Wildman–Crippen LogP) is -1.99. The number of non-ortho nitro benzene ring substituents is 2. The molecule has 0 spiro atoms. The fourth-order valence-corrected chi connectivity index (χ4v) is 11.4. The van der Waals surface area contributed by atoms with Gasteiger partial charge < -0.3 is 94.9 Å². The Balaban J connectivity index is 1.10. The molecule has 0 radical (unpaired) electrons. The van der Waals surface area contributed by atoms with E-state index in [1.54, 1.807) is 0 Å². The first-order valence-electron chi connectivity index (χ1n) is 30.2. The van der Waals surface area contributed by atoms with Gasteiger partial charge in [0.05, 0.1) is 46.3 Å². The molecule has 98 heavy (non-hydrogen) atoms. The van der Waals surface area contributed by atoms with E-state index in [0.717, 1.165) is 47.8 Å². The number of nitro groups is 2. The number of aliphatic carboxylic acids is 2. The predicted molar refractivity (Wildman–Crippen MR) is 346 cm³/mol. The van der Waals surface area contributed by atoms with Gasteiger partial charge in [-0.1, -0.05) is 0 Å². The molecule has 3 aromatic rings. The quantitative estimate of drug-likeness (QED) is 0.0235. The van der Waals surface area contributed by atoms with Gasteiger partial charge in [0.15, 0.2) is 0 Å². The Morgan fingerprint density at radius 1 is 0.541 bits per heavy atom. The van der Waals surface area contributed by atoms with Crippen LogP contribution in [0.25, 0.3) is 0 Å². The highest BCUT2D eigenvalue weighted by molar-refractivity contribution is 7.99. The molecule has 14 amide bonds. The molecule has 18 N–H and O–H groups in total. The average molecular weight is 1410 g/mol. The van der Waals surface area contributed by atoms with Gasteiger partial charge in [0.2, 0.25) is 47.3 Å². The SMILES string of the molecule is CC(O)[C@@H]1NC(=O)c2cc([N+](=O)[O-])ccc2SCCC(C(=O)N[C@@H](CCCCNC(=O)Nc2ccc(NC(=O)NCCCC[C@H](NC(=O)[C@@H]3CCSc4ccc([N+](=O)[O-])cc4C(=O)N[C@@H](C(C)O)C(=O)NCC(=O)N3)C(=O)NCC(=O)O)cc2)C(=O)NCC(=O)O)NC(=O)CNC1=O. The minimum Gasteiger partial charge on any atom is -0.480 e. The number of aliphatic hydroxyl groups is 2. The van der Waals surface area contributed by atoms with E-state index in [1.807, 2.05) is 0 Å². The van der Waals surface area contributed by atoms with E-state index >= 15 is 0 Å². The molecule has 5 rings (SSSR count). The van der Waals surface area contributed by atoms with Crippen LogP contribution in [0.1, 0.15) is 85.9 Å². The number of rotatable bonds is 26. The van der Waals surface area contributed by atoms with Crippen LogP contribution in [-0.4, -0.2) is 213 Å². The zero-order valence-electron chi connectivity index (χ0n) is 52.6. The summed E-state index contributed by atoms with van der Waals surface area (Å²) >= 11 is 1.94. The number of nitrogens with one attached hydrogen (secondary N) is 14. The van der Waals surface area contributed by atoms with Crippen molar-refractivity contribution >= 4 is 129 Å². The number of amides is 14. The van der Waals surface area contributed by atoms with Crippen LogP contribution in [0.2, 0.25) is 0 Å². The molecule has 0 aliphatic carbocycles. The van der Waals surface area contributed by atoms with Crippen LogP contribution in [0.5, 0.6) is 0 Å². The normalized spacial score (nSPS) is 18.3. The number of benzene rings is 3. The van der Waals surface area contributed by atoms with Gasteiger partial charge in [-0.25, -0.2) is 9.59 Å². The first kappa shape index (κ1) is 78.0. The lowest BCUT2D eigenvalue weighted by molar-refractivity contribution is -0.385. The summed E-state index contributed by atoms with van der Waals surface area (Å²) in [7, 11) is 0. The molecule has 2 heterocycles. The summed E-state index contributed by atoms with van der Waals surface area (Å²) in [4.78, 5) is 203. The number of unbranched alkanes of at least 4 members (excludes halogenated alkanes) is 2. The van der Waals surface area contributed by atoms with Crippen LogP contribution in [0, 0.1) is 20.2 Å². The molecule has 2 aliphatic heterocycles. The third kappa shape index (κ3) is 25.8. The maximum absolute atomic E-state index is 13.8. The van der Waals surface area contributed by atoms with Crippen molar-refractivity contribution in [2.24, 2.45) is 0 Å². The van der Waals surface area contributed by atoms with Gasteiger partial charge in [-0.15, -0.1) is 23.5 Å². The van der Waals surface area contributed by atoms with Crippen LogP contribution in [-0.2, 0) is 47.9 Å². The summed E-state index contributed by atoms with van der Waals surface area (Å²) in [6, 6.07) is 2.55. The number of carbonyl (C=O) groups is 14. The van der Waals surface area contributed by atoms with Crippen molar-refractivity contribution in [2.75, 3.05) is 61.4 Å². The Bertz CT molecular complexity index is 3270. The van der Waals surface area contributed by atoms with Crippen molar-refractivity contribution in [3.8, 4) is 0 Å². The molecule has 0 fully saturated rings. The molecule has 38 nitrogen and oxygen atoms in total. The molecule has 0 saturated heterocycles. The van der Waals surface area contributed by atoms with Gasteiger partial charge in [-0.2, -0.15) is 0 Å². The lowest BCUT2D eigenvalue weighted by Gasteiger charge is -2.25. The van der Waals surface area contributed by atoms with E-state index in [9.17, 15) is 108 Å². The summed E-state index contributed by atoms with van der Waals surface area (Å²) in [5.74, 6) is -12.1. The van der Waals surface area contributed by atoms with E-state index in [0.29, 0.717) is 11.4 Å². The number of nitrogens with zero attached hydrogens (tertiary/aromatic N) is 2. The van der Waals surface area contributed by atoms with Gasteiger partial charge in [-0.3, -0.25) is 77.8 Å². The molecule has 40 heteroatoms. The summed E-state index contributed by atoms with van der Waals surface area (Å²) in [5, 5.41) is 96.2. The number of carboxylic acids is 2. The smallest absolute Gasteiger partial charge is 0.322 e. The number of nitro benzene ring substituents is 2. The maximum Gasteiger partial charge on any atom is 0.322 e. The van der Waals surface area contributed by atoms with Gasteiger partial charge in [0, 0.05) is 70.0 Å². The Hall–Kier alpha value is -10.7. The lowest BCUT2D eigenvalue weighted by Crippen LogP contribution is -2.56. The monoisotopic (exact) mass is 1410 g/mol. The first-order valence-corrected chi connectivity index (χ1v) is 32.2. The maximum atomic E-state index is 13.8. The zero-order chi connectivity index (χ0) is 72.2. The Labute approximate surface area is 565 Å². The molecule has 3 aromatic carbocycles. The molecule has 3 unspecified atom stereocenters. The van der Waals surface area contributed by atoms with Crippen molar-refractivity contribution in [1.29, 1.82) is 0 Å².